The maximum Gasteiger partial charge on any atom is 0.222 e. The molecule has 160 valence electrons. The smallest absolute Gasteiger partial charge is 0.222 e. The zero-order chi connectivity index (χ0) is 21.4. The van der Waals surface area contributed by atoms with E-state index in [1.807, 2.05) is 36.2 Å². The van der Waals surface area contributed by atoms with Crippen LogP contribution in [0.5, 0.6) is 0 Å². The van der Waals surface area contributed by atoms with Crippen LogP contribution in [-0.2, 0) is 11.2 Å². The second-order valence-electron chi connectivity index (χ2n) is 8.73. The average molecular weight is 419 g/mol. The Hall–Kier alpha value is -3.02. The molecular formula is C25H27FN4O. The molecule has 0 saturated carbocycles. The van der Waals surface area contributed by atoms with E-state index < -0.39 is 0 Å². The predicted octanol–water partition coefficient (Wildman–Crippen LogP) is 4.28. The average Bonchev–Trinajstić information content (AvgIpc) is 3.02. The number of aromatic nitrogens is 2. The van der Waals surface area contributed by atoms with Gasteiger partial charge in [0.2, 0.25) is 5.91 Å². The maximum atomic E-state index is 13.5. The van der Waals surface area contributed by atoms with E-state index in [1.165, 1.54) is 17.1 Å². The number of nitrogens with zero attached hydrogens (tertiary/aromatic N) is 4. The highest BCUT2D eigenvalue weighted by atomic mass is 19.1. The molecule has 6 heteroatoms. The maximum absolute atomic E-state index is 13.5. The number of hydrogen-bond acceptors (Lipinski definition) is 4. The van der Waals surface area contributed by atoms with Gasteiger partial charge >= 0.3 is 0 Å². The number of aryl methyl sites for hydroxylation is 2. The van der Waals surface area contributed by atoms with Crippen LogP contribution in [0.2, 0.25) is 0 Å². The first-order chi connectivity index (χ1) is 15.1. The zero-order valence-corrected chi connectivity index (χ0v) is 17.8. The number of fused-ring (bicyclic) bond motifs is 3. The monoisotopic (exact) mass is 418 g/mol. The number of carbonyl (C=O) groups excluding carboxylic acids is 1. The van der Waals surface area contributed by atoms with Crippen molar-refractivity contribution in [2.75, 3.05) is 18.0 Å². The number of piperazine rings is 1. The number of pyridine rings is 2. The van der Waals surface area contributed by atoms with Gasteiger partial charge in [0, 0.05) is 43.2 Å². The lowest BCUT2D eigenvalue weighted by molar-refractivity contribution is -0.132. The van der Waals surface area contributed by atoms with Crippen LogP contribution in [0.15, 0.2) is 48.8 Å². The highest BCUT2D eigenvalue weighted by Crippen LogP contribution is 2.35. The Morgan fingerprint density at radius 1 is 1.13 bits per heavy atom. The first kappa shape index (κ1) is 19.9. The summed E-state index contributed by atoms with van der Waals surface area (Å²) in [5.41, 5.74) is 3.12. The molecule has 4 heterocycles. The molecular weight excluding hydrogens is 391 g/mol. The summed E-state index contributed by atoms with van der Waals surface area (Å²) in [4.78, 5) is 26.1. The molecule has 2 saturated heterocycles. The largest absolute Gasteiger partial charge is 0.347 e. The Morgan fingerprint density at radius 3 is 2.71 bits per heavy atom. The Kier molecular flexibility index (Phi) is 5.30. The van der Waals surface area contributed by atoms with Gasteiger partial charge in [0.15, 0.2) is 0 Å². The second kappa shape index (κ2) is 8.25. The van der Waals surface area contributed by atoms with Crippen LogP contribution in [0, 0.1) is 12.7 Å². The Balaban J connectivity index is 1.21. The summed E-state index contributed by atoms with van der Waals surface area (Å²) >= 11 is 0. The van der Waals surface area contributed by atoms with Gasteiger partial charge in [-0.15, -0.1) is 0 Å². The lowest BCUT2D eigenvalue weighted by atomic mass is 10.0. The quantitative estimate of drug-likeness (QED) is 0.621. The van der Waals surface area contributed by atoms with Crippen molar-refractivity contribution < 1.29 is 9.18 Å². The van der Waals surface area contributed by atoms with Gasteiger partial charge < -0.3 is 9.80 Å². The number of hydrogen-bond donors (Lipinski definition) is 0. The van der Waals surface area contributed by atoms with Crippen molar-refractivity contribution >= 4 is 22.6 Å². The number of likely N-dealkylation sites (tertiary alicyclic amines) is 1. The third-order valence-corrected chi connectivity index (χ3v) is 6.67. The SMILES string of the molecule is Cc1cc(F)cnc1N1C2CCC1CN(C(=O)CCCc1cccc3ncccc13)C2. The minimum Gasteiger partial charge on any atom is -0.347 e. The van der Waals surface area contributed by atoms with Crippen molar-refractivity contribution in [3.05, 3.63) is 65.7 Å². The van der Waals surface area contributed by atoms with E-state index in [0.717, 1.165) is 55.7 Å². The molecule has 2 aromatic heterocycles. The molecule has 1 amide bonds. The number of rotatable bonds is 5. The summed E-state index contributed by atoms with van der Waals surface area (Å²) < 4.78 is 13.5. The number of carbonyl (C=O) groups is 1. The van der Waals surface area contributed by atoms with Crippen molar-refractivity contribution in [3.8, 4) is 0 Å². The van der Waals surface area contributed by atoms with Crippen molar-refractivity contribution in [3.63, 3.8) is 0 Å². The van der Waals surface area contributed by atoms with Crippen LogP contribution in [0.3, 0.4) is 0 Å². The summed E-state index contributed by atoms with van der Waals surface area (Å²) in [6, 6.07) is 12.3. The van der Waals surface area contributed by atoms with E-state index in [9.17, 15) is 9.18 Å². The molecule has 0 spiro atoms. The normalized spacial score (nSPS) is 20.5. The van der Waals surface area contributed by atoms with Crippen LogP contribution >= 0.6 is 0 Å². The van der Waals surface area contributed by atoms with Gasteiger partial charge in [-0.3, -0.25) is 9.78 Å². The lowest BCUT2D eigenvalue weighted by Crippen LogP contribution is -2.56. The van der Waals surface area contributed by atoms with Crippen LogP contribution in [-0.4, -0.2) is 45.9 Å². The van der Waals surface area contributed by atoms with E-state index in [0.29, 0.717) is 6.42 Å². The summed E-state index contributed by atoms with van der Waals surface area (Å²) in [7, 11) is 0. The first-order valence-corrected chi connectivity index (χ1v) is 11.1. The van der Waals surface area contributed by atoms with E-state index in [2.05, 4.69) is 27.0 Å². The molecule has 5 nitrogen and oxygen atoms in total. The fraction of sp³-hybridized carbons (Fsp3) is 0.400. The first-order valence-electron chi connectivity index (χ1n) is 11.1. The third kappa shape index (κ3) is 3.87. The highest BCUT2D eigenvalue weighted by molar-refractivity contribution is 5.82. The lowest BCUT2D eigenvalue weighted by Gasteiger charge is -2.42. The molecule has 5 rings (SSSR count). The number of amides is 1. The molecule has 2 atom stereocenters. The van der Waals surface area contributed by atoms with E-state index in [4.69, 9.17) is 0 Å². The van der Waals surface area contributed by atoms with Crippen molar-refractivity contribution in [1.82, 2.24) is 14.9 Å². The van der Waals surface area contributed by atoms with Crippen LogP contribution in [0.1, 0.15) is 36.8 Å². The minimum absolute atomic E-state index is 0.235. The summed E-state index contributed by atoms with van der Waals surface area (Å²) in [6.45, 7) is 3.36. The van der Waals surface area contributed by atoms with Crippen molar-refractivity contribution in [1.29, 1.82) is 0 Å². The Bertz CT molecular complexity index is 1100. The van der Waals surface area contributed by atoms with Crippen LogP contribution in [0.25, 0.3) is 10.9 Å². The molecule has 0 radical (unpaired) electrons. The molecule has 2 unspecified atom stereocenters. The molecule has 2 aliphatic rings. The second-order valence-corrected chi connectivity index (χ2v) is 8.73. The third-order valence-electron chi connectivity index (χ3n) is 6.67. The topological polar surface area (TPSA) is 49.3 Å². The number of anilines is 1. The van der Waals surface area contributed by atoms with Gasteiger partial charge in [-0.2, -0.15) is 0 Å². The molecule has 2 bridgehead atoms. The standard InChI is InChI=1S/C25H27FN4O/c1-17-13-19(26)14-28-25(17)30-20-10-11-21(30)16-29(15-20)24(31)9-3-6-18-5-2-8-23-22(18)7-4-12-27-23/h2,4-5,7-8,12-14,20-21H,3,6,9-11,15-16H2,1H3. The van der Waals surface area contributed by atoms with E-state index in [-0.39, 0.29) is 23.8 Å². The zero-order valence-electron chi connectivity index (χ0n) is 17.8. The highest BCUT2D eigenvalue weighted by Gasteiger charge is 2.42. The van der Waals surface area contributed by atoms with Gasteiger partial charge in [-0.1, -0.05) is 18.2 Å². The fourth-order valence-electron chi connectivity index (χ4n) is 5.23. The molecule has 0 N–H and O–H groups in total. The van der Waals surface area contributed by atoms with E-state index >= 15 is 0 Å². The predicted molar refractivity (Wildman–Crippen MR) is 119 cm³/mol. The molecule has 31 heavy (non-hydrogen) atoms. The van der Waals surface area contributed by atoms with Gasteiger partial charge in [0.25, 0.3) is 0 Å². The van der Waals surface area contributed by atoms with Gasteiger partial charge in [-0.25, -0.2) is 9.37 Å². The molecule has 3 aromatic rings. The number of halogens is 1. The van der Waals surface area contributed by atoms with Gasteiger partial charge in [0.05, 0.1) is 11.7 Å². The summed E-state index contributed by atoms with van der Waals surface area (Å²) in [5.74, 6) is 0.800. The molecule has 2 aliphatic heterocycles. The molecule has 0 aliphatic carbocycles. The minimum atomic E-state index is -0.301. The van der Waals surface area contributed by atoms with E-state index in [1.54, 1.807) is 6.07 Å². The van der Waals surface area contributed by atoms with Crippen LogP contribution < -0.4 is 4.90 Å². The van der Waals surface area contributed by atoms with Gasteiger partial charge in [0.1, 0.15) is 11.6 Å². The fourth-order valence-corrected chi connectivity index (χ4v) is 5.23. The van der Waals surface area contributed by atoms with Crippen molar-refractivity contribution in [2.45, 2.75) is 51.1 Å². The Morgan fingerprint density at radius 2 is 1.94 bits per heavy atom. The molecule has 1 aromatic carbocycles. The Labute approximate surface area is 181 Å². The van der Waals surface area contributed by atoms with Gasteiger partial charge in [-0.05, 0) is 61.9 Å². The number of benzene rings is 1. The van der Waals surface area contributed by atoms with Crippen molar-refractivity contribution in [2.24, 2.45) is 0 Å². The van der Waals surface area contributed by atoms with Crippen LogP contribution in [0.4, 0.5) is 10.2 Å². The summed E-state index contributed by atoms with van der Waals surface area (Å²) in [6.07, 6.45) is 7.48. The molecule has 2 fully saturated rings. The summed E-state index contributed by atoms with van der Waals surface area (Å²) in [5, 5.41) is 1.17.